The first-order chi connectivity index (χ1) is 10.0. The second-order valence-electron chi connectivity index (χ2n) is 4.49. The van der Waals surface area contributed by atoms with Crippen molar-refractivity contribution in [3.63, 3.8) is 0 Å². The fourth-order valence-corrected chi connectivity index (χ4v) is 2.53. The molecule has 0 aliphatic carbocycles. The van der Waals surface area contributed by atoms with Gasteiger partial charge in [-0.1, -0.05) is 39.7 Å². The van der Waals surface area contributed by atoms with Gasteiger partial charge >= 0.3 is 5.97 Å². The third-order valence-corrected chi connectivity index (χ3v) is 3.86. The predicted molar refractivity (Wildman–Crippen MR) is 81.9 cm³/mol. The summed E-state index contributed by atoms with van der Waals surface area (Å²) in [6.45, 7) is 0. The van der Waals surface area contributed by atoms with Crippen LogP contribution in [-0.2, 0) is 6.42 Å². The Morgan fingerprint density at radius 2 is 2.00 bits per heavy atom. The zero-order valence-corrected chi connectivity index (χ0v) is 13.0. The van der Waals surface area contributed by atoms with Gasteiger partial charge in [0.2, 0.25) is 0 Å². The van der Waals surface area contributed by atoms with Crippen LogP contribution in [0.3, 0.4) is 0 Å². The van der Waals surface area contributed by atoms with Gasteiger partial charge in [-0.25, -0.2) is 4.79 Å². The van der Waals surface area contributed by atoms with Gasteiger partial charge in [0.15, 0.2) is 5.65 Å². The molecule has 2 aromatic heterocycles. The molecule has 0 fully saturated rings. The van der Waals surface area contributed by atoms with Gasteiger partial charge in [-0.3, -0.25) is 4.40 Å². The van der Waals surface area contributed by atoms with Crippen molar-refractivity contribution >= 4 is 39.1 Å². The topological polar surface area (TPSA) is 67.5 Å². The number of aromatic carboxylic acids is 1. The standard InChI is InChI=1S/C14H9BrClN3O2/c15-10-3-1-8(2-4-10)5-12-17-18-13-11(16)6-9(14(20)21)7-19(12)13/h1-4,6-7H,5H2,(H,20,21). The van der Waals surface area contributed by atoms with E-state index in [1.54, 1.807) is 4.40 Å². The molecule has 0 spiro atoms. The van der Waals surface area contributed by atoms with Crippen LogP contribution in [0.5, 0.6) is 0 Å². The maximum Gasteiger partial charge on any atom is 0.337 e. The first-order valence-corrected chi connectivity index (χ1v) is 7.22. The summed E-state index contributed by atoms with van der Waals surface area (Å²) >= 11 is 9.43. The Bertz CT molecular complexity index is 830. The number of rotatable bonds is 3. The smallest absolute Gasteiger partial charge is 0.337 e. The monoisotopic (exact) mass is 365 g/mol. The van der Waals surface area contributed by atoms with Gasteiger partial charge in [-0.15, -0.1) is 10.2 Å². The molecule has 21 heavy (non-hydrogen) atoms. The van der Waals surface area contributed by atoms with E-state index in [2.05, 4.69) is 26.1 Å². The van der Waals surface area contributed by atoms with Crippen molar-refractivity contribution < 1.29 is 9.90 Å². The predicted octanol–water partition coefficient (Wildman–Crippen LogP) is 3.43. The van der Waals surface area contributed by atoms with Gasteiger partial charge < -0.3 is 5.11 Å². The molecule has 0 radical (unpaired) electrons. The number of benzene rings is 1. The minimum atomic E-state index is -1.04. The number of pyridine rings is 1. The Morgan fingerprint density at radius 3 is 2.67 bits per heavy atom. The van der Waals surface area contributed by atoms with Crippen LogP contribution in [0.4, 0.5) is 0 Å². The number of carbonyl (C=O) groups is 1. The summed E-state index contributed by atoms with van der Waals surface area (Å²) in [4.78, 5) is 11.1. The summed E-state index contributed by atoms with van der Waals surface area (Å²) in [5.74, 6) is -0.403. The number of aromatic nitrogens is 3. The first kappa shape index (κ1) is 14.0. The van der Waals surface area contributed by atoms with Crippen molar-refractivity contribution in [2.75, 3.05) is 0 Å². The lowest BCUT2D eigenvalue weighted by Gasteiger charge is -2.03. The molecular weight excluding hydrogens is 358 g/mol. The normalized spacial score (nSPS) is 11.0. The molecule has 3 aromatic rings. The SMILES string of the molecule is O=C(O)c1cc(Cl)c2nnc(Cc3ccc(Br)cc3)n2c1. The maximum atomic E-state index is 11.1. The van der Waals surface area contributed by atoms with E-state index in [9.17, 15) is 4.79 Å². The van der Waals surface area contributed by atoms with Crippen LogP contribution in [0.25, 0.3) is 5.65 Å². The molecule has 106 valence electrons. The third kappa shape index (κ3) is 2.77. The fourth-order valence-electron chi connectivity index (χ4n) is 2.02. The highest BCUT2D eigenvalue weighted by Gasteiger charge is 2.13. The zero-order chi connectivity index (χ0) is 15.0. The summed E-state index contributed by atoms with van der Waals surface area (Å²) in [6.07, 6.45) is 2.02. The number of carboxylic acids is 1. The van der Waals surface area contributed by atoms with Crippen molar-refractivity contribution in [1.29, 1.82) is 0 Å². The van der Waals surface area contributed by atoms with Crippen LogP contribution in [0, 0.1) is 0 Å². The van der Waals surface area contributed by atoms with Crippen LogP contribution >= 0.6 is 27.5 Å². The number of fused-ring (bicyclic) bond motifs is 1. The van der Waals surface area contributed by atoms with Gasteiger partial charge in [0.25, 0.3) is 0 Å². The second-order valence-corrected chi connectivity index (χ2v) is 5.82. The highest BCUT2D eigenvalue weighted by Crippen LogP contribution is 2.20. The zero-order valence-electron chi connectivity index (χ0n) is 10.6. The van der Waals surface area contributed by atoms with Gasteiger partial charge in [0.05, 0.1) is 10.6 Å². The van der Waals surface area contributed by atoms with E-state index < -0.39 is 5.97 Å². The summed E-state index contributed by atoms with van der Waals surface area (Å²) in [5.41, 5.74) is 1.60. The molecule has 0 saturated carbocycles. The lowest BCUT2D eigenvalue weighted by atomic mass is 10.1. The molecule has 3 rings (SSSR count). The van der Waals surface area contributed by atoms with Crippen LogP contribution in [0.2, 0.25) is 5.02 Å². The Morgan fingerprint density at radius 1 is 1.29 bits per heavy atom. The summed E-state index contributed by atoms with van der Waals surface area (Å²) < 4.78 is 2.61. The quantitative estimate of drug-likeness (QED) is 0.771. The Balaban J connectivity index is 2.06. The molecule has 7 heteroatoms. The number of hydrogen-bond donors (Lipinski definition) is 1. The molecule has 0 aliphatic heterocycles. The lowest BCUT2D eigenvalue weighted by Crippen LogP contribution is -2.02. The van der Waals surface area contributed by atoms with Crippen molar-refractivity contribution in [2.24, 2.45) is 0 Å². The first-order valence-electron chi connectivity index (χ1n) is 6.05. The number of hydrogen-bond acceptors (Lipinski definition) is 3. The minimum Gasteiger partial charge on any atom is -0.478 e. The summed E-state index contributed by atoms with van der Waals surface area (Å²) in [5, 5.41) is 17.5. The molecule has 0 amide bonds. The van der Waals surface area contributed by atoms with E-state index in [0.717, 1.165) is 10.0 Å². The molecule has 1 N–H and O–H groups in total. The number of nitrogens with zero attached hydrogens (tertiary/aromatic N) is 3. The number of halogens is 2. The molecule has 1 aromatic carbocycles. The van der Waals surface area contributed by atoms with Gasteiger partial charge in [0, 0.05) is 17.1 Å². The van der Waals surface area contributed by atoms with Gasteiger partial charge in [-0.05, 0) is 23.8 Å². The Hall–Kier alpha value is -1.92. The molecule has 0 bridgehead atoms. The average molecular weight is 367 g/mol. The number of carboxylic acid groups (broad SMARTS) is 1. The molecular formula is C14H9BrClN3O2. The molecule has 0 aliphatic rings. The van der Waals surface area contributed by atoms with Gasteiger partial charge in [-0.2, -0.15) is 0 Å². The Kier molecular flexibility index (Phi) is 3.65. The largest absolute Gasteiger partial charge is 0.478 e. The van der Waals surface area contributed by atoms with Crippen LogP contribution < -0.4 is 0 Å². The molecule has 2 heterocycles. The van der Waals surface area contributed by atoms with Crippen LogP contribution in [-0.4, -0.2) is 25.7 Å². The van der Waals surface area contributed by atoms with E-state index in [1.807, 2.05) is 24.3 Å². The molecule has 5 nitrogen and oxygen atoms in total. The molecule has 0 unspecified atom stereocenters. The Labute approximate surface area is 133 Å². The van der Waals surface area contributed by atoms with E-state index in [4.69, 9.17) is 16.7 Å². The van der Waals surface area contributed by atoms with Crippen molar-refractivity contribution in [2.45, 2.75) is 6.42 Å². The summed E-state index contributed by atoms with van der Waals surface area (Å²) in [6, 6.07) is 9.18. The summed E-state index contributed by atoms with van der Waals surface area (Å²) in [7, 11) is 0. The van der Waals surface area contributed by atoms with Crippen molar-refractivity contribution in [3.05, 3.63) is 63.0 Å². The lowest BCUT2D eigenvalue weighted by molar-refractivity contribution is 0.0696. The van der Waals surface area contributed by atoms with E-state index in [1.165, 1.54) is 12.3 Å². The van der Waals surface area contributed by atoms with Crippen LogP contribution in [0.15, 0.2) is 41.0 Å². The van der Waals surface area contributed by atoms with Crippen molar-refractivity contribution in [1.82, 2.24) is 14.6 Å². The highest BCUT2D eigenvalue weighted by molar-refractivity contribution is 9.10. The average Bonchev–Trinajstić information content (AvgIpc) is 2.85. The van der Waals surface area contributed by atoms with Gasteiger partial charge in [0.1, 0.15) is 5.82 Å². The molecule has 0 saturated heterocycles. The molecule has 0 atom stereocenters. The van der Waals surface area contributed by atoms with E-state index >= 15 is 0 Å². The fraction of sp³-hybridized carbons (Fsp3) is 0.0714. The van der Waals surface area contributed by atoms with Crippen LogP contribution in [0.1, 0.15) is 21.7 Å². The van der Waals surface area contributed by atoms with E-state index in [0.29, 0.717) is 17.9 Å². The van der Waals surface area contributed by atoms with E-state index in [-0.39, 0.29) is 10.6 Å². The second kappa shape index (κ2) is 5.46. The van der Waals surface area contributed by atoms with Crippen molar-refractivity contribution in [3.8, 4) is 0 Å². The highest BCUT2D eigenvalue weighted by atomic mass is 79.9. The maximum absolute atomic E-state index is 11.1. The minimum absolute atomic E-state index is 0.101. The third-order valence-electron chi connectivity index (χ3n) is 3.05.